The van der Waals surface area contributed by atoms with E-state index < -0.39 is 0 Å². The van der Waals surface area contributed by atoms with Crippen molar-refractivity contribution >= 4 is 12.2 Å². The van der Waals surface area contributed by atoms with Crippen molar-refractivity contribution in [2.45, 2.75) is 0 Å². The summed E-state index contributed by atoms with van der Waals surface area (Å²) in [7, 11) is 0. The lowest BCUT2D eigenvalue weighted by Crippen LogP contribution is -1.88. The molecule has 14 heavy (non-hydrogen) atoms. The lowest BCUT2D eigenvalue weighted by molar-refractivity contribution is 0.624. The second-order valence-corrected chi connectivity index (χ2v) is 3.22. The molecule has 0 bridgehead atoms. The minimum atomic E-state index is -0.357. The molecule has 0 atom stereocenters. The second-order valence-electron chi connectivity index (χ2n) is 2.78. The molecular formula is C10H7FN2S. The number of nitrogens with one attached hydrogen (secondary N) is 1. The van der Waals surface area contributed by atoms with Gasteiger partial charge in [-0.15, -0.1) is 0 Å². The normalized spacial score (nSPS) is 10.1. The third-order valence-corrected chi connectivity index (χ3v) is 2.07. The van der Waals surface area contributed by atoms with Crippen LogP contribution in [0.3, 0.4) is 0 Å². The largest absolute Gasteiger partial charge is 0.346 e. The molecule has 0 unspecified atom stereocenters. The van der Waals surface area contributed by atoms with E-state index in [1.54, 1.807) is 30.5 Å². The van der Waals surface area contributed by atoms with Crippen LogP contribution < -0.4 is 0 Å². The maximum absolute atomic E-state index is 13.3. The van der Waals surface area contributed by atoms with Crippen molar-refractivity contribution in [2.24, 2.45) is 0 Å². The van der Waals surface area contributed by atoms with Crippen LogP contribution in [0.1, 0.15) is 0 Å². The summed E-state index contributed by atoms with van der Waals surface area (Å²) in [6.07, 6.45) is 2.72. The number of aromatic nitrogens is 2. The van der Waals surface area contributed by atoms with Gasteiger partial charge in [-0.1, -0.05) is 18.3 Å². The van der Waals surface area contributed by atoms with Gasteiger partial charge in [-0.05, 0) is 18.2 Å². The summed E-state index contributed by atoms with van der Waals surface area (Å²) < 4.78 is 13.9. The number of aromatic amines is 1. The summed E-state index contributed by atoms with van der Waals surface area (Å²) in [4.78, 5) is 6.59. The van der Waals surface area contributed by atoms with E-state index in [1.165, 1.54) is 6.20 Å². The van der Waals surface area contributed by atoms with Gasteiger partial charge in [0.25, 0.3) is 0 Å². The lowest BCUT2D eigenvalue weighted by atomic mass is 10.2. The number of rotatable bonds is 1. The Kier molecular flexibility index (Phi) is 2.37. The van der Waals surface area contributed by atoms with Crippen molar-refractivity contribution in [1.82, 2.24) is 9.97 Å². The number of H-pyrrole nitrogens is 1. The van der Waals surface area contributed by atoms with Gasteiger partial charge >= 0.3 is 0 Å². The molecule has 0 saturated heterocycles. The average molecular weight is 206 g/mol. The van der Waals surface area contributed by atoms with Gasteiger partial charge in [0.1, 0.15) is 4.64 Å². The second kappa shape index (κ2) is 3.67. The monoisotopic (exact) mass is 206 g/mol. The molecule has 2 heterocycles. The van der Waals surface area contributed by atoms with Gasteiger partial charge in [0, 0.05) is 17.5 Å². The number of hydrogen-bond acceptors (Lipinski definition) is 2. The fourth-order valence-electron chi connectivity index (χ4n) is 1.20. The molecule has 2 aromatic heterocycles. The summed E-state index contributed by atoms with van der Waals surface area (Å²) in [5.41, 5.74) is 1.14. The molecule has 70 valence electrons. The number of halogens is 1. The molecule has 0 aliphatic heterocycles. The third-order valence-electron chi connectivity index (χ3n) is 1.83. The van der Waals surface area contributed by atoms with E-state index in [2.05, 4.69) is 9.97 Å². The van der Waals surface area contributed by atoms with Crippen molar-refractivity contribution in [2.75, 3.05) is 0 Å². The van der Waals surface area contributed by atoms with Gasteiger partial charge in [0.15, 0.2) is 5.82 Å². The summed E-state index contributed by atoms with van der Waals surface area (Å²) in [6.45, 7) is 0. The molecule has 1 N–H and O–H groups in total. The van der Waals surface area contributed by atoms with Crippen molar-refractivity contribution in [1.29, 1.82) is 0 Å². The van der Waals surface area contributed by atoms with E-state index in [0.717, 1.165) is 0 Å². The van der Waals surface area contributed by atoms with Gasteiger partial charge < -0.3 is 4.98 Å². The van der Waals surface area contributed by atoms with E-state index in [-0.39, 0.29) is 5.82 Å². The SMILES string of the molecule is Fc1cnccc1-c1cccc(=S)[nH]1. The van der Waals surface area contributed by atoms with Crippen LogP contribution in [0.2, 0.25) is 0 Å². The molecule has 0 radical (unpaired) electrons. The maximum atomic E-state index is 13.3. The van der Waals surface area contributed by atoms with Crippen LogP contribution in [0.5, 0.6) is 0 Å². The molecular weight excluding hydrogens is 199 g/mol. The van der Waals surface area contributed by atoms with E-state index in [1.807, 2.05) is 0 Å². The highest BCUT2D eigenvalue weighted by molar-refractivity contribution is 7.71. The Morgan fingerprint density at radius 1 is 1.29 bits per heavy atom. The van der Waals surface area contributed by atoms with Crippen molar-refractivity contribution in [3.63, 3.8) is 0 Å². The first-order valence-electron chi connectivity index (χ1n) is 4.06. The zero-order valence-electron chi connectivity index (χ0n) is 7.20. The van der Waals surface area contributed by atoms with Crippen LogP contribution in [-0.2, 0) is 0 Å². The quantitative estimate of drug-likeness (QED) is 0.727. The van der Waals surface area contributed by atoms with E-state index >= 15 is 0 Å². The Morgan fingerprint density at radius 2 is 2.14 bits per heavy atom. The Hall–Kier alpha value is -1.55. The third kappa shape index (κ3) is 1.70. The molecule has 0 amide bonds. The molecule has 4 heteroatoms. The summed E-state index contributed by atoms with van der Waals surface area (Å²) >= 11 is 4.95. The Labute approximate surface area is 85.5 Å². The first kappa shape index (κ1) is 9.02. The van der Waals surface area contributed by atoms with Gasteiger partial charge in [0.2, 0.25) is 0 Å². The predicted molar refractivity (Wildman–Crippen MR) is 54.8 cm³/mol. The Morgan fingerprint density at radius 3 is 2.86 bits per heavy atom. The molecule has 0 aliphatic carbocycles. The van der Waals surface area contributed by atoms with E-state index in [9.17, 15) is 4.39 Å². The molecule has 0 saturated carbocycles. The molecule has 0 spiro atoms. The van der Waals surface area contributed by atoms with Gasteiger partial charge in [0.05, 0.1) is 6.20 Å². The maximum Gasteiger partial charge on any atom is 0.150 e. The van der Waals surface area contributed by atoms with Crippen LogP contribution in [-0.4, -0.2) is 9.97 Å². The first-order chi connectivity index (χ1) is 6.77. The average Bonchev–Trinajstić information content (AvgIpc) is 2.18. The molecule has 2 nitrogen and oxygen atoms in total. The molecule has 2 aromatic rings. The van der Waals surface area contributed by atoms with Crippen LogP contribution in [0.4, 0.5) is 4.39 Å². The number of hydrogen-bond donors (Lipinski definition) is 1. The minimum Gasteiger partial charge on any atom is -0.346 e. The van der Waals surface area contributed by atoms with Crippen molar-refractivity contribution < 1.29 is 4.39 Å². The topological polar surface area (TPSA) is 28.7 Å². The van der Waals surface area contributed by atoms with Crippen LogP contribution in [0.25, 0.3) is 11.3 Å². The molecule has 0 fully saturated rings. The lowest BCUT2D eigenvalue weighted by Gasteiger charge is -2.01. The van der Waals surface area contributed by atoms with Crippen LogP contribution in [0, 0.1) is 10.5 Å². The highest BCUT2D eigenvalue weighted by atomic mass is 32.1. The fraction of sp³-hybridized carbons (Fsp3) is 0. The van der Waals surface area contributed by atoms with E-state index in [0.29, 0.717) is 15.9 Å². The van der Waals surface area contributed by atoms with Crippen molar-refractivity contribution in [3.05, 3.63) is 47.1 Å². The van der Waals surface area contributed by atoms with Crippen LogP contribution >= 0.6 is 12.2 Å². The van der Waals surface area contributed by atoms with Gasteiger partial charge in [-0.3, -0.25) is 4.98 Å². The molecule has 0 aliphatic rings. The number of pyridine rings is 2. The fourth-order valence-corrected chi connectivity index (χ4v) is 1.39. The van der Waals surface area contributed by atoms with Crippen molar-refractivity contribution in [3.8, 4) is 11.3 Å². The first-order valence-corrected chi connectivity index (χ1v) is 4.47. The minimum absolute atomic E-state index is 0.357. The van der Waals surface area contributed by atoms with Crippen LogP contribution in [0.15, 0.2) is 36.7 Å². The smallest absolute Gasteiger partial charge is 0.150 e. The zero-order valence-corrected chi connectivity index (χ0v) is 8.01. The molecule has 2 rings (SSSR count). The highest BCUT2D eigenvalue weighted by Crippen LogP contribution is 2.18. The predicted octanol–water partition coefficient (Wildman–Crippen LogP) is 2.95. The molecule has 0 aromatic carbocycles. The van der Waals surface area contributed by atoms with Gasteiger partial charge in [-0.2, -0.15) is 0 Å². The Bertz CT molecular complexity index is 507. The number of nitrogens with zero attached hydrogens (tertiary/aromatic N) is 1. The Balaban J connectivity index is 2.61. The highest BCUT2D eigenvalue weighted by Gasteiger charge is 2.03. The van der Waals surface area contributed by atoms with E-state index in [4.69, 9.17) is 12.2 Å². The zero-order chi connectivity index (χ0) is 9.97. The summed E-state index contributed by atoms with van der Waals surface area (Å²) in [5, 5.41) is 0. The van der Waals surface area contributed by atoms with Gasteiger partial charge in [-0.25, -0.2) is 4.39 Å². The summed E-state index contributed by atoms with van der Waals surface area (Å²) in [6, 6.07) is 6.91. The standard InChI is InChI=1S/C10H7FN2S/c11-8-6-12-5-4-7(8)9-2-1-3-10(14)13-9/h1-6H,(H,13,14). The summed E-state index contributed by atoms with van der Waals surface area (Å²) in [5.74, 6) is -0.357.